The van der Waals surface area contributed by atoms with Crippen molar-refractivity contribution in [2.24, 2.45) is 5.73 Å². The second-order valence-corrected chi connectivity index (χ2v) is 6.68. The zero-order valence-corrected chi connectivity index (χ0v) is 15.9. The quantitative estimate of drug-likeness (QED) is 0.640. The molecule has 2 aromatic carbocycles. The minimum absolute atomic E-state index is 0.0824. The van der Waals surface area contributed by atoms with Crippen LogP contribution in [0.25, 0.3) is 0 Å². The summed E-state index contributed by atoms with van der Waals surface area (Å²) in [4.78, 5) is 36.1. The number of aryl methyl sites for hydroxylation is 1. The van der Waals surface area contributed by atoms with Crippen molar-refractivity contribution in [2.75, 3.05) is 0 Å². The number of hydrogen-bond acceptors (Lipinski definition) is 3. The first-order valence-corrected chi connectivity index (χ1v) is 8.92. The number of rotatable bonds is 8. The van der Waals surface area contributed by atoms with Crippen molar-refractivity contribution < 1.29 is 18.8 Å². The molecule has 0 saturated carbocycles. The van der Waals surface area contributed by atoms with Gasteiger partial charge >= 0.3 is 0 Å². The van der Waals surface area contributed by atoms with E-state index in [1.165, 1.54) is 25.1 Å². The summed E-state index contributed by atoms with van der Waals surface area (Å²) >= 11 is 0. The highest BCUT2D eigenvalue weighted by molar-refractivity contribution is 5.91. The molecule has 28 heavy (non-hydrogen) atoms. The minimum Gasteiger partial charge on any atom is -0.368 e. The summed E-state index contributed by atoms with van der Waals surface area (Å²) < 4.78 is 13.4. The van der Waals surface area contributed by atoms with Crippen LogP contribution in [0.4, 0.5) is 4.39 Å². The van der Waals surface area contributed by atoms with Gasteiger partial charge in [-0.25, -0.2) is 4.39 Å². The molecule has 0 radical (unpaired) electrons. The molecule has 0 aromatic heterocycles. The first-order chi connectivity index (χ1) is 13.3. The molecule has 0 unspecified atom stereocenters. The van der Waals surface area contributed by atoms with Crippen molar-refractivity contribution in [1.82, 2.24) is 10.6 Å². The Bertz CT molecular complexity index is 869. The number of carbonyl (C=O) groups excluding carboxylic acids is 3. The van der Waals surface area contributed by atoms with Crippen LogP contribution >= 0.6 is 0 Å². The average molecular weight is 385 g/mol. The average Bonchev–Trinajstić information content (AvgIpc) is 2.61. The fourth-order valence-electron chi connectivity index (χ4n) is 2.91. The summed E-state index contributed by atoms with van der Waals surface area (Å²) in [6.45, 7) is 3.18. The van der Waals surface area contributed by atoms with Gasteiger partial charge in [0.15, 0.2) is 0 Å². The van der Waals surface area contributed by atoms with Crippen LogP contribution < -0.4 is 16.4 Å². The van der Waals surface area contributed by atoms with E-state index >= 15 is 0 Å². The smallest absolute Gasteiger partial charge is 0.243 e. The number of nitrogens with two attached hydrogens (primary N) is 1. The van der Waals surface area contributed by atoms with Gasteiger partial charge in [0.1, 0.15) is 17.9 Å². The van der Waals surface area contributed by atoms with E-state index in [0.29, 0.717) is 5.56 Å². The summed E-state index contributed by atoms with van der Waals surface area (Å²) in [6, 6.07) is 11.4. The number of benzene rings is 2. The van der Waals surface area contributed by atoms with E-state index in [1.807, 2.05) is 31.2 Å². The maximum atomic E-state index is 13.4. The van der Waals surface area contributed by atoms with Crippen molar-refractivity contribution in [3.63, 3.8) is 0 Å². The van der Waals surface area contributed by atoms with E-state index in [4.69, 9.17) is 5.73 Å². The van der Waals surface area contributed by atoms with Gasteiger partial charge < -0.3 is 16.4 Å². The zero-order chi connectivity index (χ0) is 20.7. The third-order valence-electron chi connectivity index (χ3n) is 4.37. The van der Waals surface area contributed by atoms with Crippen LogP contribution in [-0.2, 0) is 27.2 Å². The first-order valence-electron chi connectivity index (χ1n) is 8.92. The van der Waals surface area contributed by atoms with Crippen molar-refractivity contribution >= 4 is 17.7 Å². The number of primary amides is 1. The molecule has 7 heteroatoms. The van der Waals surface area contributed by atoms with E-state index in [0.717, 1.165) is 11.1 Å². The molecule has 2 atom stereocenters. The summed E-state index contributed by atoms with van der Waals surface area (Å²) in [5, 5.41) is 5.15. The molecule has 0 saturated heterocycles. The SMILES string of the molecule is CC(=O)N[C@@H](Cc1cccc(F)c1)C(=O)N[C@@H](Cc1ccccc1C)C(N)=O. The van der Waals surface area contributed by atoms with Gasteiger partial charge in [-0.1, -0.05) is 36.4 Å². The molecular formula is C21H24FN3O3. The second kappa shape index (κ2) is 9.64. The molecule has 0 aliphatic carbocycles. The summed E-state index contributed by atoms with van der Waals surface area (Å²) in [5.41, 5.74) is 7.87. The standard InChI is InChI=1S/C21H24FN3O3/c1-13-6-3-4-8-16(13)12-18(20(23)27)25-21(28)19(24-14(2)26)11-15-7-5-9-17(22)10-15/h3-10,18-19H,11-12H2,1-2H3,(H2,23,27)(H,24,26)(H,25,28)/t18-,19-/m0/s1. The second-order valence-electron chi connectivity index (χ2n) is 6.68. The number of hydrogen-bond donors (Lipinski definition) is 3. The summed E-state index contributed by atoms with van der Waals surface area (Å²) in [6.07, 6.45) is 0.319. The molecule has 0 bridgehead atoms. The van der Waals surface area contributed by atoms with Crippen LogP contribution in [0.2, 0.25) is 0 Å². The van der Waals surface area contributed by atoms with E-state index in [1.54, 1.807) is 6.07 Å². The zero-order valence-electron chi connectivity index (χ0n) is 15.9. The predicted octanol–water partition coefficient (Wildman–Crippen LogP) is 1.39. The Balaban J connectivity index is 2.15. The predicted molar refractivity (Wildman–Crippen MR) is 104 cm³/mol. The van der Waals surface area contributed by atoms with Crippen molar-refractivity contribution in [2.45, 2.75) is 38.8 Å². The molecule has 2 aromatic rings. The first kappa shape index (κ1) is 21.1. The van der Waals surface area contributed by atoms with Crippen LogP contribution in [0.3, 0.4) is 0 Å². The highest BCUT2D eigenvalue weighted by Crippen LogP contribution is 2.11. The van der Waals surface area contributed by atoms with Gasteiger partial charge in [-0.2, -0.15) is 0 Å². The summed E-state index contributed by atoms with van der Waals surface area (Å²) in [7, 11) is 0. The van der Waals surface area contributed by atoms with Crippen molar-refractivity contribution in [3.05, 3.63) is 71.0 Å². The molecule has 3 amide bonds. The molecule has 2 rings (SSSR count). The van der Waals surface area contributed by atoms with Crippen LogP contribution in [-0.4, -0.2) is 29.8 Å². The van der Waals surface area contributed by atoms with Crippen molar-refractivity contribution in [1.29, 1.82) is 0 Å². The van der Waals surface area contributed by atoms with E-state index in [9.17, 15) is 18.8 Å². The Labute approximate surface area is 163 Å². The van der Waals surface area contributed by atoms with Crippen molar-refractivity contribution in [3.8, 4) is 0 Å². The molecule has 0 heterocycles. The van der Waals surface area contributed by atoms with Gasteiger partial charge in [0.05, 0.1) is 0 Å². The maximum absolute atomic E-state index is 13.4. The van der Waals surface area contributed by atoms with Crippen LogP contribution in [0.5, 0.6) is 0 Å². The molecule has 0 spiro atoms. The van der Waals surface area contributed by atoms with Crippen LogP contribution in [0.15, 0.2) is 48.5 Å². The fraction of sp³-hybridized carbons (Fsp3) is 0.286. The Morgan fingerprint density at radius 2 is 1.71 bits per heavy atom. The van der Waals surface area contributed by atoms with Crippen LogP contribution in [0, 0.1) is 12.7 Å². The lowest BCUT2D eigenvalue weighted by atomic mass is 9.99. The molecule has 0 fully saturated rings. The van der Waals surface area contributed by atoms with E-state index in [2.05, 4.69) is 10.6 Å². The lowest BCUT2D eigenvalue weighted by Gasteiger charge is -2.22. The molecule has 0 aliphatic rings. The van der Waals surface area contributed by atoms with Gasteiger partial charge in [0.2, 0.25) is 17.7 Å². The molecular weight excluding hydrogens is 361 g/mol. The number of amides is 3. The van der Waals surface area contributed by atoms with Gasteiger partial charge in [0, 0.05) is 19.8 Å². The summed E-state index contributed by atoms with van der Waals surface area (Å²) in [5.74, 6) is -2.08. The lowest BCUT2D eigenvalue weighted by molar-refractivity contribution is -0.130. The third-order valence-corrected chi connectivity index (χ3v) is 4.37. The minimum atomic E-state index is -0.960. The lowest BCUT2D eigenvalue weighted by Crippen LogP contribution is -2.54. The number of carbonyl (C=O) groups is 3. The van der Waals surface area contributed by atoms with Gasteiger partial charge in [-0.15, -0.1) is 0 Å². The molecule has 6 nitrogen and oxygen atoms in total. The molecule has 4 N–H and O–H groups in total. The highest BCUT2D eigenvalue weighted by atomic mass is 19.1. The Hall–Kier alpha value is -3.22. The largest absolute Gasteiger partial charge is 0.368 e. The fourth-order valence-corrected chi connectivity index (χ4v) is 2.91. The third kappa shape index (κ3) is 6.19. The Kier molecular flexibility index (Phi) is 7.26. The molecule has 0 aliphatic heterocycles. The van der Waals surface area contributed by atoms with Gasteiger partial charge in [-0.3, -0.25) is 14.4 Å². The van der Waals surface area contributed by atoms with Gasteiger partial charge in [0.25, 0.3) is 0 Å². The highest BCUT2D eigenvalue weighted by Gasteiger charge is 2.26. The Morgan fingerprint density at radius 3 is 2.32 bits per heavy atom. The number of halogens is 1. The van der Waals surface area contributed by atoms with E-state index < -0.39 is 35.6 Å². The van der Waals surface area contributed by atoms with E-state index in [-0.39, 0.29) is 12.8 Å². The normalized spacial score (nSPS) is 12.7. The monoisotopic (exact) mass is 385 g/mol. The van der Waals surface area contributed by atoms with Crippen LogP contribution in [0.1, 0.15) is 23.6 Å². The molecule has 148 valence electrons. The van der Waals surface area contributed by atoms with Gasteiger partial charge in [-0.05, 0) is 35.7 Å². The topological polar surface area (TPSA) is 101 Å². The Morgan fingerprint density at radius 1 is 1.00 bits per heavy atom. The maximum Gasteiger partial charge on any atom is 0.243 e. The number of nitrogens with one attached hydrogen (secondary N) is 2.